The number of hydrogen-bond donors (Lipinski definition) is 1. The quantitative estimate of drug-likeness (QED) is 0.639. The van der Waals surface area contributed by atoms with Crippen LogP contribution in [0.25, 0.3) is 0 Å². The smallest absolute Gasteiger partial charge is 0.330 e. The standard InChI is InChI=1S/C13H23ClN2O4Si/c1-13(2,3)21(4,5)20-7-6-19-9-16-8-10(14)11(17)15-12(16)18/h8H,6-7,9H2,1-5H3,(H,15,17,18). The molecular formula is C13H23ClN2O4Si. The van der Waals surface area contributed by atoms with Gasteiger partial charge in [-0.1, -0.05) is 32.4 Å². The molecule has 1 heterocycles. The van der Waals surface area contributed by atoms with Crippen LogP contribution in [0.4, 0.5) is 0 Å². The summed E-state index contributed by atoms with van der Waals surface area (Å²) in [6, 6.07) is 0. The Morgan fingerprint density at radius 1 is 1.29 bits per heavy atom. The molecule has 1 aromatic heterocycles. The summed E-state index contributed by atoms with van der Waals surface area (Å²) in [4.78, 5) is 24.7. The van der Waals surface area contributed by atoms with Crippen molar-refractivity contribution in [1.29, 1.82) is 0 Å². The van der Waals surface area contributed by atoms with Crippen molar-refractivity contribution in [2.24, 2.45) is 0 Å². The largest absolute Gasteiger partial charge is 0.414 e. The van der Waals surface area contributed by atoms with E-state index in [0.717, 1.165) is 0 Å². The highest BCUT2D eigenvalue weighted by Gasteiger charge is 2.36. The molecule has 0 aliphatic rings. The molecule has 0 bridgehead atoms. The molecule has 1 N–H and O–H groups in total. The molecule has 1 rings (SSSR count). The van der Waals surface area contributed by atoms with Crippen LogP contribution in [0.5, 0.6) is 0 Å². The zero-order valence-corrected chi connectivity index (χ0v) is 14.9. The molecule has 0 saturated heterocycles. The lowest BCUT2D eigenvalue weighted by Crippen LogP contribution is -2.41. The Labute approximate surface area is 130 Å². The van der Waals surface area contributed by atoms with E-state index in [-0.39, 0.29) is 16.8 Å². The maximum absolute atomic E-state index is 11.5. The van der Waals surface area contributed by atoms with Crippen molar-refractivity contribution in [3.63, 3.8) is 0 Å². The molecule has 1 aromatic rings. The molecule has 0 aliphatic carbocycles. The van der Waals surface area contributed by atoms with Crippen molar-refractivity contribution in [2.45, 2.75) is 45.6 Å². The third-order valence-corrected chi connectivity index (χ3v) is 8.50. The number of rotatable bonds is 6. The fourth-order valence-corrected chi connectivity index (χ4v) is 2.51. The SMILES string of the molecule is CC(C)(C)[Si](C)(C)OCCOCn1cc(Cl)c(=O)[nH]c1=O. The van der Waals surface area contributed by atoms with Crippen LogP contribution in [0, 0.1) is 0 Å². The Bertz CT molecular complexity index is 589. The summed E-state index contributed by atoms with van der Waals surface area (Å²) in [5.41, 5.74) is -1.14. The number of hydrogen-bond acceptors (Lipinski definition) is 4. The van der Waals surface area contributed by atoms with Gasteiger partial charge in [-0.2, -0.15) is 0 Å². The molecule has 0 amide bonds. The number of aromatic amines is 1. The first kappa shape index (κ1) is 18.2. The first-order valence-corrected chi connectivity index (χ1v) is 10.0. The van der Waals surface area contributed by atoms with Gasteiger partial charge in [0.15, 0.2) is 8.32 Å². The Kier molecular flexibility index (Phi) is 5.98. The van der Waals surface area contributed by atoms with Crippen LogP contribution in [-0.2, 0) is 15.9 Å². The van der Waals surface area contributed by atoms with E-state index < -0.39 is 19.6 Å². The van der Waals surface area contributed by atoms with Gasteiger partial charge in [0.25, 0.3) is 5.56 Å². The Morgan fingerprint density at radius 2 is 1.90 bits per heavy atom. The molecular weight excluding hydrogens is 312 g/mol. The predicted octanol–water partition coefficient (Wildman–Crippen LogP) is 2.19. The van der Waals surface area contributed by atoms with Gasteiger partial charge in [-0.3, -0.25) is 14.3 Å². The maximum Gasteiger partial charge on any atom is 0.330 e. The van der Waals surface area contributed by atoms with E-state index in [9.17, 15) is 9.59 Å². The molecule has 120 valence electrons. The summed E-state index contributed by atoms with van der Waals surface area (Å²) in [5.74, 6) is 0. The number of nitrogens with zero attached hydrogens (tertiary/aromatic N) is 1. The third-order valence-electron chi connectivity index (χ3n) is 3.69. The molecule has 0 unspecified atom stereocenters. The van der Waals surface area contributed by atoms with Gasteiger partial charge < -0.3 is 9.16 Å². The first-order chi connectivity index (χ1) is 9.54. The van der Waals surface area contributed by atoms with Gasteiger partial charge >= 0.3 is 5.69 Å². The molecule has 0 fully saturated rings. The van der Waals surface area contributed by atoms with Crippen LogP contribution in [-0.4, -0.2) is 31.1 Å². The lowest BCUT2D eigenvalue weighted by atomic mass is 10.2. The third kappa shape index (κ3) is 5.10. The maximum atomic E-state index is 11.5. The summed E-state index contributed by atoms with van der Waals surface area (Å²) in [6.07, 6.45) is 1.26. The van der Waals surface area contributed by atoms with Crippen molar-refractivity contribution >= 4 is 19.9 Å². The van der Waals surface area contributed by atoms with Crippen molar-refractivity contribution in [3.05, 3.63) is 32.1 Å². The van der Waals surface area contributed by atoms with Crippen molar-refractivity contribution in [1.82, 2.24) is 9.55 Å². The van der Waals surface area contributed by atoms with E-state index in [0.29, 0.717) is 13.2 Å². The summed E-state index contributed by atoms with van der Waals surface area (Å²) in [6.45, 7) is 11.7. The van der Waals surface area contributed by atoms with Gasteiger partial charge in [-0.05, 0) is 18.1 Å². The van der Waals surface area contributed by atoms with Crippen molar-refractivity contribution in [2.75, 3.05) is 13.2 Å². The Morgan fingerprint density at radius 3 is 2.48 bits per heavy atom. The summed E-state index contributed by atoms with van der Waals surface area (Å²) < 4.78 is 12.5. The van der Waals surface area contributed by atoms with Crippen LogP contribution in [0.3, 0.4) is 0 Å². The molecule has 0 spiro atoms. The van der Waals surface area contributed by atoms with Gasteiger partial charge in [0.2, 0.25) is 0 Å². The highest BCUT2D eigenvalue weighted by molar-refractivity contribution is 6.74. The minimum absolute atomic E-state index is 0.0240. The average molecular weight is 335 g/mol. The van der Waals surface area contributed by atoms with Gasteiger partial charge in [-0.25, -0.2) is 4.79 Å². The first-order valence-electron chi connectivity index (χ1n) is 6.75. The predicted molar refractivity (Wildman–Crippen MR) is 85.4 cm³/mol. The second-order valence-electron chi connectivity index (χ2n) is 6.35. The van der Waals surface area contributed by atoms with Gasteiger partial charge in [0.1, 0.15) is 11.8 Å². The lowest BCUT2D eigenvalue weighted by molar-refractivity contribution is 0.0482. The summed E-state index contributed by atoms with van der Waals surface area (Å²) in [7, 11) is -1.78. The van der Waals surface area contributed by atoms with E-state index >= 15 is 0 Å². The normalized spacial score (nSPS) is 12.7. The average Bonchev–Trinajstić information content (AvgIpc) is 2.33. The molecule has 0 atom stereocenters. The van der Waals surface area contributed by atoms with Crippen LogP contribution < -0.4 is 11.2 Å². The van der Waals surface area contributed by atoms with Crippen LogP contribution in [0.2, 0.25) is 23.2 Å². The van der Waals surface area contributed by atoms with Crippen molar-refractivity contribution in [3.8, 4) is 0 Å². The number of H-pyrrole nitrogens is 1. The highest BCUT2D eigenvalue weighted by atomic mass is 35.5. The fraction of sp³-hybridized carbons (Fsp3) is 0.692. The van der Waals surface area contributed by atoms with Gasteiger partial charge in [0.05, 0.1) is 13.2 Å². The highest BCUT2D eigenvalue weighted by Crippen LogP contribution is 2.36. The molecule has 0 aromatic carbocycles. The van der Waals surface area contributed by atoms with Gasteiger partial charge in [-0.15, -0.1) is 0 Å². The number of nitrogens with one attached hydrogen (secondary N) is 1. The number of ether oxygens (including phenoxy) is 1. The lowest BCUT2D eigenvalue weighted by Gasteiger charge is -2.36. The van der Waals surface area contributed by atoms with Gasteiger partial charge in [0, 0.05) is 6.20 Å². The van der Waals surface area contributed by atoms with E-state index in [4.69, 9.17) is 20.8 Å². The molecule has 21 heavy (non-hydrogen) atoms. The molecule has 0 saturated carbocycles. The van der Waals surface area contributed by atoms with E-state index in [1.54, 1.807) is 0 Å². The van der Waals surface area contributed by atoms with Crippen LogP contribution in [0.15, 0.2) is 15.8 Å². The Balaban J connectivity index is 2.44. The van der Waals surface area contributed by atoms with Crippen molar-refractivity contribution < 1.29 is 9.16 Å². The zero-order valence-electron chi connectivity index (χ0n) is 13.2. The second-order valence-corrected chi connectivity index (χ2v) is 11.6. The summed E-state index contributed by atoms with van der Waals surface area (Å²) in [5, 5.41) is 0.104. The Hall–Kier alpha value is -0.893. The molecule has 6 nitrogen and oxygen atoms in total. The number of halogens is 1. The van der Waals surface area contributed by atoms with Crippen LogP contribution in [0.1, 0.15) is 20.8 Å². The topological polar surface area (TPSA) is 73.3 Å². The molecule has 0 aliphatic heterocycles. The molecule has 0 radical (unpaired) electrons. The zero-order chi connectivity index (χ0) is 16.3. The van der Waals surface area contributed by atoms with E-state index in [2.05, 4.69) is 38.8 Å². The van der Waals surface area contributed by atoms with E-state index in [1.807, 2.05) is 0 Å². The van der Waals surface area contributed by atoms with E-state index in [1.165, 1.54) is 10.8 Å². The molecule has 8 heteroatoms. The minimum Gasteiger partial charge on any atom is -0.414 e. The summed E-state index contributed by atoms with van der Waals surface area (Å²) >= 11 is 5.66. The minimum atomic E-state index is -1.78. The fourth-order valence-electron chi connectivity index (χ4n) is 1.31. The number of aromatic nitrogens is 2. The van der Waals surface area contributed by atoms with Crippen LogP contribution >= 0.6 is 11.6 Å². The monoisotopic (exact) mass is 334 g/mol. The second kappa shape index (κ2) is 6.91.